The van der Waals surface area contributed by atoms with Gasteiger partial charge >= 0.3 is 0 Å². The molecule has 1 amide bonds. The molecule has 4 rings (SSSR count). The number of likely N-dealkylation sites (tertiary alicyclic amines) is 1. The molecule has 0 saturated carbocycles. The van der Waals surface area contributed by atoms with Crippen LogP contribution in [-0.2, 0) is 20.7 Å². The summed E-state index contributed by atoms with van der Waals surface area (Å²) >= 11 is 5.96. The number of aliphatic hydroxyl groups excluding tert-OH is 1. The molecule has 30 heavy (non-hydrogen) atoms. The van der Waals surface area contributed by atoms with Crippen LogP contribution >= 0.6 is 11.6 Å². The van der Waals surface area contributed by atoms with Gasteiger partial charge in [-0.25, -0.2) is 0 Å². The van der Waals surface area contributed by atoms with E-state index < -0.39 is 17.7 Å². The third-order valence-electron chi connectivity index (χ3n) is 5.79. The molecular formula is C24H24ClNO4. The lowest BCUT2D eigenvalue weighted by Gasteiger charge is -2.27. The Morgan fingerprint density at radius 3 is 2.43 bits per heavy atom. The van der Waals surface area contributed by atoms with Crippen LogP contribution in [0.4, 0.5) is 0 Å². The van der Waals surface area contributed by atoms with Crippen molar-refractivity contribution < 1.29 is 19.4 Å². The summed E-state index contributed by atoms with van der Waals surface area (Å²) in [7, 11) is 0. The average Bonchev–Trinajstić information content (AvgIpc) is 3.36. The van der Waals surface area contributed by atoms with Gasteiger partial charge in [0.25, 0.3) is 11.7 Å². The summed E-state index contributed by atoms with van der Waals surface area (Å²) in [6, 6.07) is 13.7. The number of ether oxygens (including phenoxy) is 1. The first-order valence-corrected chi connectivity index (χ1v) is 10.6. The van der Waals surface area contributed by atoms with Crippen molar-refractivity contribution in [2.75, 3.05) is 13.2 Å². The summed E-state index contributed by atoms with van der Waals surface area (Å²) in [5, 5.41) is 11.5. The quantitative estimate of drug-likeness (QED) is 0.435. The minimum Gasteiger partial charge on any atom is -0.507 e. The lowest BCUT2D eigenvalue weighted by molar-refractivity contribution is -0.140. The van der Waals surface area contributed by atoms with Crippen LogP contribution in [0.2, 0.25) is 5.02 Å². The van der Waals surface area contributed by atoms with Gasteiger partial charge in [-0.05, 0) is 54.7 Å². The van der Waals surface area contributed by atoms with Crippen molar-refractivity contribution in [1.82, 2.24) is 4.90 Å². The number of aryl methyl sites for hydroxylation is 1. The summed E-state index contributed by atoms with van der Waals surface area (Å²) in [5.74, 6) is -1.47. The predicted molar refractivity (Wildman–Crippen MR) is 115 cm³/mol. The predicted octanol–water partition coefficient (Wildman–Crippen LogP) is 4.50. The topological polar surface area (TPSA) is 66.8 Å². The zero-order valence-corrected chi connectivity index (χ0v) is 17.6. The molecule has 0 aliphatic carbocycles. The minimum atomic E-state index is -0.676. The lowest BCUT2D eigenvalue weighted by Crippen LogP contribution is -2.36. The van der Waals surface area contributed by atoms with Crippen LogP contribution in [0.15, 0.2) is 54.1 Å². The number of benzene rings is 2. The number of halogens is 1. The molecule has 5 nitrogen and oxygen atoms in total. The van der Waals surface area contributed by atoms with Gasteiger partial charge in [0.05, 0.1) is 17.7 Å². The Bertz CT molecular complexity index is 975. The number of aliphatic hydroxyl groups is 1. The minimum absolute atomic E-state index is 0.101. The highest BCUT2D eigenvalue weighted by molar-refractivity contribution is 6.46. The van der Waals surface area contributed by atoms with E-state index in [1.807, 2.05) is 24.3 Å². The number of carbonyl (C=O) groups is 2. The van der Waals surface area contributed by atoms with Crippen molar-refractivity contribution in [2.45, 2.75) is 38.3 Å². The molecule has 0 spiro atoms. The van der Waals surface area contributed by atoms with Crippen molar-refractivity contribution in [3.05, 3.63) is 75.8 Å². The summed E-state index contributed by atoms with van der Waals surface area (Å²) in [5.41, 5.74) is 2.50. The maximum absolute atomic E-state index is 13.0. The van der Waals surface area contributed by atoms with Gasteiger partial charge in [0, 0.05) is 23.7 Å². The summed E-state index contributed by atoms with van der Waals surface area (Å²) < 4.78 is 5.71. The van der Waals surface area contributed by atoms with Crippen molar-refractivity contribution in [1.29, 1.82) is 0 Å². The van der Waals surface area contributed by atoms with Gasteiger partial charge in [-0.2, -0.15) is 0 Å². The number of nitrogens with zero attached hydrogens (tertiary/aromatic N) is 1. The maximum atomic E-state index is 13.0. The van der Waals surface area contributed by atoms with Crippen molar-refractivity contribution in [2.24, 2.45) is 0 Å². The fourth-order valence-electron chi connectivity index (χ4n) is 4.12. The second kappa shape index (κ2) is 8.62. The van der Waals surface area contributed by atoms with Crippen molar-refractivity contribution in [3.8, 4) is 0 Å². The number of amides is 1. The highest BCUT2D eigenvalue weighted by Crippen LogP contribution is 2.40. The molecule has 2 fully saturated rings. The molecule has 156 valence electrons. The van der Waals surface area contributed by atoms with Crippen LogP contribution in [-0.4, -0.2) is 41.0 Å². The van der Waals surface area contributed by atoms with Gasteiger partial charge in [-0.3, -0.25) is 9.59 Å². The van der Waals surface area contributed by atoms with Crippen LogP contribution in [0.1, 0.15) is 42.5 Å². The van der Waals surface area contributed by atoms with Crippen LogP contribution in [0.3, 0.4) is 0 Å². The molecule has 0 aromatic heterocycles. The van der Waals surface area contributed by atoms with Crippen LogP contribution in [0.5, 0.6) is 0 Å². The zero-order chi connectivity index (χ0) is 21.3. The van der Waals surface area contributed by atoms with E-state index >= 15 is 0 Å². The lowest BCUT2D eigenvalue weighted by atomic mass is 9.94. The van der Waals surface area contributed by atoms with Gasteiger partial charge in [0.15, 0.2) is 0 Å². The van der Waals surface area contributed by atoms with E-state index in [1.54, 1.807) is 29.2 Å². The fraction of sp³-hybridized carbons (Fsp3) is 0.333. The first kappa shape index (κ1) is 20.6. The number of Topliss-reactive ketones (excluding diaryl/α,β-unsaturated/α-hetero) is 1. The third-order valence-corrected chi connectivity index (χ3v) is 6.04. The first-order chi connectivity index (χ1) is 14.5. The molecule has 0 bridgehead atoms. The maximum Gasteiger partial charge on any atom is 0.295 e. The summed E-state index contributed by atoms with van der Waals surface area (Å²) in [6.07, 6.45) is 2.58. The monoisotopic (exact) mass is 425 g/mol. The number of rotatable bonds is 5. The van der Waals surface area contributed by atoms with Crippen LogP contribution in [0.25, 0.3) is 5.76 Å². The number of carbonyl (C=O) groups excluding carboxylic acids is 2. The van der Waals surface area contributed by atoms with Gasteiger partial charge in [-0.15, -0.1) is 0 Å². The van der Waals surface area contributed by atoms with Crippen LogP contribution < -0.4 is 0 Å². The normalized spacial score (nSPS) is 23.3. The Morgan fingerprint density at radius 1 is 1.13 bits per heavy atom. The standard InChI is InChI=1S/C24H24ClNO4/c1-2-15-5-7-16(8-6-15)21-20(22(27)17-9-11-18(25)12-10-17)23(28)24(29)26(21)14-19-4-3-13-30-19/h5-12,19,21,27H,2-4,13-14H2,1H3/b22-20+/t19-,21+/m0/s1. The molecule has 1 N–H and O–H groups in total. The molecule has 0 unspecified atom stereocenters. The molecule has 0 radical (unpaired) electrons. The Morgan fingerprint density at radius 2 is 1.83 bits per heavy atom. The highest BCUT2D eigenvalue weighted by atomic mass is 35.5. The molecule has 2 aromatic carbocycles. The molecule has 6 heteroatoms. The molecule has 2 aliphatic heterocycles. The third kappa shape index (κ3) is 3.87. The number of ketones is 1. The van der Waals surface area contributed by atoms with Gasteiger partial charge in [-0.1, -0.05) is 42.8 Å². The molecule has 2 saturated heterocycles. The Kier molecular flexibility index (Phi) is 5.93. The molecule has 2 atom stereocenters. The van der Waals surface area contributed by atoms with E-state index in [2.05, 4.69) is 6.92 Å². The van der Waals surface area contributed by atoms with Crippen molar-refractivity contribution in [3.63, 3.8) is 0 Å². The van der Waals surface area contributed by atoms with Crippen LogP contribution in [0, 0.1) is 0 Å². The van der Waals surface area contributed by atoms with E-state index in [0.29, 0.717) is 23.7 Å². The zero-order valence-electron chi connectivity index (χ0n) is 16.8. The summed E-state index contributed by atoms with van der Waals surface area (Å²) in [6.45, 7) is 3.05. The van der Waals surface area contributed by atoms with E-state index in [4.69, 9.17) is 16.3 Å². The largest absolute Gasteiger partial charge is 0.507 e. The number of hydrogen-bond donors (Lipinski definition) is 1. The molecule has 2 heterocycles. The second-order valence-electron chi connectivity index (χ2n) is 7.69. The second-order valence-corrected chi connectivity index (χ2v) is 8.12. The van der Waals surface area contributed by atoms with Gasteiger partial charge in [0.1, 0.15) is 5.76 Å². The Labute approximate surface area is 180 Å². The van der Waals surface area contributed by atoms with E-state index in [0.717, 1.165) is 30.4 Å². The van der Waals surface area contributed by atoms with E-state index in [9.17, 15) is 14.7 Å². The average molecular weight is 426 g/mol. The van der Waals surface area contributed by atoms with Crippen molar-refractivity contribution >= 4 is 29.1 Å². The van der Waals surface area contributed by atoms with E-state index in [1.165, 1.54) is 0 Å². The smallest absolute Gasteiger partial charge is 0.295 e. The number of hydrogen-bond acceptors (Lipinski definition) is 4. The Balaban J connectivity index is 1.80. The first-order valence-electron chi connectivity index (χ1n) is 10.2. The summed E-state index contributed by atoms with van der Waals surface area (Å²) in [4.78, 5) is 27.5. The molecule has 2 aliphatic rings. The van der Waals surface area contributed by atoms with Gasteiger partial charge in [0.2, 0.25) is 0 Å². The highest BCUT2D eigenvalue weighted by Gasteiger charge is 2.47. The molecule has 2 aromatic rings. The van der Waals surface area contributed by atoms with E-state index in [-0.39, 0.29) is 17.4 Å². The van der Waals surface area contributed by atoms with Gasteiger partial charge < -0.3 is 14.7 Å². The molecular weight excluding hydrogens is 402 g/mol. The fourth-order valence-corrected chi connectivity index (χ4v) is 4.25. The SMILES string of the molecule is CCc1ccc([C@@H]2/C(=C(\O)c3ccc(Cl)cc3)C(=O)C(=O)N2C[C@@H]2CCCO2)cc1. The Hall–Kier alpha value is -2.63.